The molecule has 3 heterocycles. The van der Waals surface area contributed by atoms with Crippen LogP contribution in [-0.2, 0) is 14.2 Å². The van der Waals surface area contributed by atoms with Crippen molar-refractivity contribution in [2.75, 3.05) is 20.4 Å². The number of nitrogens with one attached hydrogen (secondary N) is 1. The molecule has 30 heavy (non-hydrogen) atoms. The molecule has 2 aliphatic rings. The van der Waals surface area contributed by atoms with Crippen LogP contribution < -0.4 is 11.2 Å². The number of fused-ring (bicyclic) bond motifs is 1. The molecule has 0 saturated carbocycles. The summed E-state index contributed by atoms with van der Waals surface area (Å²) in [7, 11) is 1.35. The third-order valence-electron chi connectivity index (χ3n) is 5.09. The molecule has 11 nitrogen and oxygen atoms in total. The molecule has 0 spiro atoms. The Labute approximate surface area is 169 Å². The van der Waals surface area contributed by atoms with Gasteiger partial charge in [0.15, 0.2) is 6.23 Å². The second kappa shape index (κ2) is 7.95. The fraction of sp³-hybridized carbons (Fsp3) is 0.368. The number of H-pyrrole nitrogens is 1. The summed E-state index contributed by atoms with van der Waals surface area (Å²) < 4.78 is 17.5. The maximum Gasteiger partial charge on any atom is 0.330 e. The molecule has 2 amide bonds. The van der Waals surface area contributed by atoms with Crippen LogP contribution in [0.5, 0.6) is 0 Å². The second-order valence-corrected chi connectivity index (χ2v) is 6.86. The van der Waals surface area contributed by atoms with Gasteiger partial charge in [-0.1, -0.05) is 12.1 Å². The van der Waals surface area contributed by atoms with Crippen molar-refractivity contribution in [3.8, 4) is 0 Å². The second-order valence-electron chi connectivity index (χ2n) is 6.86. The van der Waals surface area contributed by atoms with Crippen LogP contribution in [0, 0.1) is 0 Å². The first-order chi connectivity index (χ1) is 14.4. The van der Waals surface area contributed by atoms with Crippen molar-refractivity contribution in [3.05, 3.63) is 68.5 Å². The van der Waals surface area contributed by atoms with Crippen molar-refractivity contribution in [2.45, 2.75) is 24.5 Å². The molecule has 0 radical (unpaired) electrons. The minimum Gasteiger partial charge on any atom is -0.387 e. The number of aromatic nitrogens is 2. The lowest BCUT2D eigenvalue weighted by atomic mass is 10.1. The van der Waals surface area contributed by atoms with Crippen LogP contribution in [0.1, 0.15) is 26.9 Å². The van der Waals surface area contributed by atoms with Gasteiger partial charge in [0.05, 0.1) is 17.7 Å². The van der Waals surface area contributed by atoms with Crippen LogP contribution in [0.15, 0.2) is 46.1 Å². The topological polar surface area (TPSA) is 140 Å². The summed E-state index contributed by atoms with van der Waals surface area (Å²) in [6, 6.07) is 7.61. The van der Waals surface area contributed by atoms with Crippen LogP contribution >= 0.6 is 0 Å². The molecular weight excluding hydrogens is 398 g/mol. The first kappa shape index (κ1) is 20.2. The van der Waals surface area contributed by atoms with Gasteiger partial charge in [-0.25, -0.2) is 9.69 Å². The molecular formula is C19H19N3O8. The first-order valence-corrected chi connectivity index (χ1v) is 9.13. The standard InChI is InChI=1S/C19H19N3O8/c1-28-15-14(24)12(30-18(15)21-7-6-13(23)20-19(21)27)8-29-9-22-16(25)10-4-2-3-5-11(10)17(22)26/h2-7,12,14-15,18,24H,8-9H2,1H3,(H,20,23,27)/t12-,14-,15-,18-/m1/s1. The summed E-state index contributed by atoms with van der Waals surface area (Å²) in [5.41, 5.74) is -0.667. The van der Waals surface area contributed by atoms with E-state index in [0.717, 1.165) is 15.5 Å². The number of rotatable bonds is 6. The van der Waals surface area contributed by atoms with Crippen LogP contribution in [0.3, 0.4) is 0 Å². The van der Waals surface area contributed by atoms with Gasteiger partial charge in [0.1, 0.15) is 25.0 Å². The van der Waals surface area contributed by atoms with Gasteiger partial charge in [0.2, 0.25) is 0 Å². The van der Waals surface area contributed by atoms with Crippen molar-refractivity contribution in [3.63, 3.8) is 0 Å². The van der Waals surface area contributed by atoms with E-state index in [1.165, 1.54) is 13.3 Å². The predicted octanol–water partition coefficient (Wildman–Crippen LogP) is -0.920. The number of ether oxygens (including phenoxy) is 3. The summed E-state index contributed by atoms with van der Waals surface area (Å²) >= 11 is 0. The van der Waals surface area contributed by atoms with Crippen LogP contribution in [0.25, 0.3) is 0 Å². The monoisotopic (exact) mass is 417 g/mol. The average molecular weight is 417 g/mol. The molecule has 2 N–H and O–H groups in total. The summed E-state index contributed by atoms with van der Waals surface area (Å²) in [5, 5.41) is 10.5. The molecule has 0 bridgehead atoms. The zero-order chi connectivity index (χ0) is 21.4. The number of aromatic amines is 1. The maximum atomic E-state index is 12.4. The number of methoxy groups -OCH3 is 1. The molecule has 2 aromatic rings. The number of imide groups is 1. The zero-order valence-electron chi connectivity index (χ0n) is 15.9. The fourth-order valence-corrected chi connectivity index (χ4v) is 3.58. The lowest BCUT2D eigenvalue weighted by Crippen LogP contribution is -2.39. The Morgan fingerprint density at radius 2 is 1.77 bits per heavy atom. The van der Waals surface area contributed by atoms with Gasteiger partial charge in [0.25, 0.3) is 17.4 Å². The van der Waals surface area contributed by atoms with E-state index in [-0.39, 0.29) is 13.3 Å². The van der Waals surface area contributed by atoms with Crippen molar-refractivity contribution >= 4 is 11.8 Å². The lowest BCUT2D eigenvalue weighted by Gasteiger charge is -2.19. The molecule has 0 aliphatic carbocycles. The van der Waals surface area contributed by atoms with E-state index in [2.05, 4.69) is 4.98 Å². The fourth-order valence-electron chi connectivity index (χ4n) is 3.58. The number of amides is 2. The van der Waals surface area contributed by atoms with Crippen LogP contribution in [0.2, 0.25) is 0 Å². The normalized spacial score (nSPS) is 25.7. The number of nitrogens with zero attached hydrogens (tertiary/aromatic N) is 2. The number of benzene rings is 1. The van der Waals surface area contributed by atoms with E-state index in [4.69, 9.17) is 14.2 Å². The Hall–Kier alpha value is -3.12. The number of hydrogen-bond acceptors (Lipinski definition) is 8. The van der Waals surface area contributed by atoms with Gasteiger partial charge in [-0.15, -0.1) is 0 Å². The third-order valence-corrected chi connectivity index (χ3v) is 5.09. The van der Waals surface area contributed by atoms with E-state index in [0.29, 0.717) is 11.1 Å². The Kier molecular flexibility index (Phi) is 5.35. The largest absolute Gasteiger partial charge is 0.387 e. The molecule has 1 aromatic carbocycles. The molecule has 11 heteroatoms. The highest BCUT2D eigenvalue weighted by molar-refractivity contribution is 6.21. The molecule has 4 rings (SSSR count). The predicted molar refractivity (Wildman–Crippen MR) is 99.8 cm³/mol. The molecule has 1 fully saturated rings. The summed E-state index contributed by atoms with van der Waals surface area (Å²) in [4.78, 5) is 51.1. The highest BCUT2D eigenvalue weighted by Crippen LogP contribution is 2.30. The molecule has 1 aromatic heterocycles. The lowest BCUT2D eigenvalue weighted by molar-refractivity contribution is -0.0794. The number of hydrogen-bond donors (Lipinski definition) is 2. The summed E-state index contributed by atoms with van der Waals surface area (Å²) in [5.74, 6) is -0.924. The molecule has 0 unspecified atom stereocenters. The van der Waals surface area contributed by atoms with Crippen molar-refractivity contribution in [1.82, 2.24) is 14.5 Å². The summed E-state index contributed by atoms with van der Waals surface area (Å²) in [6.07, 6.45) is -2.70. The number of aliphatic hydroxyl groups is 1. The van der Waals surface area contributed by atoms with Gasteiger partial charge in [-0.2, -0.15) is 0 Å². The average Bonchev–Trinajstić information content (AvgIpc) is 3.17. The molecule has 4 atom stereocenters. The zero-order valence-corrected chi connectivity index (χ0v) is 15.9. The van der Waals surface area contributed by atoms with Gasteiger partial charge < -0.3 is 19.3 Å². The highest BCUT2D eigenvalue weighted by atomic mass is 16.6. The highest BCUT2D eigenvalue weighted by Gasteiger charge is 2.46. The van der Waals surface area contributed by atoms with E-state index < -0.39 is 47.6 Å². The number of aliphatic hydroxyl groups excluding tert-OH is 1. The van der Waals surface area contributed by atoms with Crippen molar-refractivity contribution < 1.29 is 28.9 Å². The van der Waals surface area contributed by atoms with Gasteiger partial charge in [-0.05, 0) is 12.1 Å². The third kappa shape index (κ3) is 3.37. The molecule has 1 saturated heterocycles. The van der Waals surface area contributed by atoms with E-state index in [9.17, 15) is 24.3 Å². The SMILES string of the molecule is CO[C@@H]1[C@H](O)[C@@H](COCN2C(=O)c3ccccc3C2=O)O[C@H]1n1ccc(=O)[nH]c1=O. The Balaban J connectivity index is 1.42. The van der Waals surface area contributed by atoms with Crippen LogP contribution in [-0.4, -0.2) is 70.1 Å². The Morgan fingerprint density at radius 3 is 2.37 bits per heavy atom. The van der Waals surface area contributed by atoms with Gasteiger partial charge >= 0.3 is 5.69 Å². The minimum atomic E-state index is -1.15. The van der Waals surface area contributed by atoms with Crippen molar-refractivity contribution in [1.29, 1.82) is 0 Å². The smallest absolute Gasteiger partial charge is 0.330 e. The summed E-state index contributed by atoms with van der Waals surface area (Å²) in [6.45, 7) is -0.483. The minimum absolute atomic E-state index is 0.164. The first-order valence-electron chi connectivity index (χ1n) is 9.13. The quantitative estimate of drug-likeness (QED) is 0.575. The number of carbonyl (C=O) groups excluding carboxylic acids is 2. The Bertz CT molecular complexity index is 1060. The molecule has 2 aliphatic heterocycles. The molecule has 158 valence electrons. The van der Waals surface area contributed by atoms with Gasteiger partial charge in [-0.3, -0.25) is 23.9 Å². The Morgan fingerprint density at radius 1 is 1.10 bits per heavy atom. The number of carbonyl (C=O) groups is 2. The van der Waals surface area contributed by atoms with Gasteiger partial charge in [0, 0.05) is 19.4 Å². The van der Waals surface area contributed by atoms with E-state index >= 15 is 0 Å². The maximum absolute atomic E-state index is 12.4. The van der Waals surface area contributed by atoms with E-state index in [1.54, 1.807) is 24.3 Å². The van der Waals surface area contributed by atoms with E-state index in [1.807, 2.05) is 0 Å². The van der Waals surface area contributed by atoms with Crippen molar-refractivity contribution in [2.24, 2.45) is 0 Å². The van der Waals surface area contributed by atoms with Crippen LogP contribution in [0.4, 0.5) is 0 Å².